The summed E-state index contributed by atoms with van der Waals surface area (Å²) in [5.74, 6) is -0.260. The Bertz CT molecular complexity index is 312. The lowest BCUT2D eigenvalue weighted by molar-refractivity contribution is -0.311. The summed E-state index contributed by atoms with van der Waals surface area (Å²) >= 11 is 0. The van der Waals surface area contributed by atoms with Crippen molar-refractivity contribution in [3.05, 3.63) is 0 Å². The highest BCUT2D eigenvalue weighted by Crippen LogP contribution is 2.50. The molecule has 4 nitrogen and oxygen atoms in total. The second kappa shape index (κ2) is 3.44. The van der Waals surface area contributed by atoms with Gasteiger partial charge in [-0.2, -0.15) is 0 Å². The minimum absolute atomic E-state index is 0.0771. The Hall–Kier alpha value is -0.610. The summed E-state index contributed by atoms with van der Waals surface area (Å²) in [6.45, 7) is 7.27. The number of carbonyl (C=O) groups excluding carboxylic acids is 1. The molecule has 3 rings (SSSR count). The van der Waals surface area contributed by atoms with E-state index in [1.807, 2.05) is 20.8 Å². The molecule has 4 atom stereocenters. The Morgan fingerprint density at radius 1 is 1.44 bits per heavy atom. The first-order chi connectivity index (χ1) is 7.26. The number of ether oxygens (including phenoxy) is 2. The van der Waals surface area contributed by atoms with Crippen LogP contribution in [-0.2, 0) is 14.3 Å². The average Bonchev–Trinajstić information content (AvgIpc) is 2.10. The third kappa shape index (κ3) is 1.64. The van der Waals surface area contributed by atoms with Crippen molar-refractivity contribution in [1.29, 1.82) is 0 Å². The van der Waals surface area contributed by atoms with Gasteiger partial charge in [0.25, 0.3) is 0 Å². The van der Waals surface area contributed by atoms with Gasteiger partial charge in [-0.15, -0.1) is 0 Å². The predicted molar refractivity (Wildman–Crippen MR) is 57.9 cm³/mol. The SMILES string of the molecule is CC(=O)OC1C(O)[C@@]2(C)CC[C@@H]1C(C)(C)O2. The van der Waals surface area contributed by atoms with E-state index in [0.717, 1.165) is 12.8 Å². The van der Waals surface area contributed by atoms with Gasteiger partial charge in [-0.1, -0.05) is 0 Å². The van der Waals surface area contributed by atoms with E-state index in [2.05, 4.69) is 0 Å². The van der Waals surface area contributed by atoms with E-state index < -0.39 is 17.8 Å². The van der Waals surface area contributed by atoms with Crippen molar-refractivity contribution in [3.8, 4) is 0 Å². The Morgan fingerprint density at radius 3 is 2.56 bits per heavy atom. The summed E-state index contributed by atoms with van der Waals surface area (Å²) in [5.41, 5.74) is -0.926. The summed E-state index contributed by atoms with van der Waals surface area (Å²) in [5, 5.41) is 10.2. The van der Waals surface area contributed by atoms with Crippen LogP contribution in [0.2, 0.25) is 0 Å². The van der Waals surface area contributed by atoms with Crippen molar-refractivity contribution in [2.45, 2.75) is 63.9 Å². The van der Waals surface area contributed by atoms with Crippen LogP contribution in [0.3, 0.4) is 0 Å². The van der Waals surface area contributed by atoms with Crippen molar-refractivity contribution >= 4 is 5.97 Å². The van der Waals surface area contributed by atoms with Crippen molar-refractivity contribution in [2.75, 3.05) is 0 Å². The lowest BCUT2D eigenvalue weighted by Crippen LogP contribution is -2.68. The number of fused-ring (bicyclic) bond motifs is 3. The number of carbonyl (C=O) groups is 1. The van der Waals surface area contributed by atoms with E-state index in [-0.39, 0.29) is 17.5 Å². The van der Waals surface area contributed by atoms with Crippen LogP contribution in [0.4, 0.5) is 0 Å². The Morgan fingerprint density at radius 2 is 2.06 bits per heavy atom. The van der Waals surface area contributed by atoms with E-state index in [9.17, 15) is 9.90 Å². The van der Waals surface area contributed by atoms with Gasteiger partial charge in [0.1, 0.15) is 12.2 Å². The van der Waals surface area contributed by atoms with Gasteiger partial charge in [0, 0.05) is 12.8 Å². The van der Waals surface area contributed by atoms with E-state index >= 15 is 0 Å². The third-order valence-electron chi connectivity index (χ3n) is 3.98. The fraction of sp³-hybridized carbons (Fsp3) is 0.917. The normalized spacial score (nSPS) is 45.4. The highest BCUT2D eigenvalue weighted by atomic mass is 16.6. The molecule has 1 N–H and O–H groups in total. The molecule has 0 aromatic rings. The van der Waals surface area contributed by atoms with Crippen LogP contribution >= 0.6 is 0 Å². The molecule has 3 fully saturated rings. The molecule has 0 spiro atoms. The van der Waals surface area contributed by atoms with Crippen LogP contribution in [0.5, 0.6) is 0 Å². The van der Waals surface area contributed by atoms with Crippen LogP contribution in [-0.4, -0.2) is 34.5 Å². The quantitative estimate of drug-likeness (QED) is 0.686. The molecule has 0 amide bonds. The maximum atomic E-state index is 11.1. The smallest absolute Gasteiger partial charge is 0.303 e. The minimum atomic E-state index is -0.719. The van der Waals surface area contributed by atoms with Gasteiger partial charge in [0.05, 0.1) is 11.2 Å². The zero-order chi connectivity index (χ0) is 12.1. The van der Waals surface area contributed by atoms with Gasteiger partial charge < -0.3 is 14.6 Å². The van der Waals surface area contributed by atoms with E-state index in [4.69, 9.17) is 9.47 Å². The van der Waals surface area contributed by atoms with Crippen LogP contribution in [0, 0.1) is 5.92 Å². The Balaban J connectivity index is 2.29. The van der Waals surface area contributed by atoms with Crippen LogP contribution in [0.15, 0.2) is 0 Å². The first kappa shape index (κ1) is 11.9. The molecule has 0 radical (unpaired) electrons. The van der Waals surface area contributed by atoms with Crippen molar-refractivity contribution in [2.24, 2.45) is 5.92 Å². The first-order valence-corrected chi connectivity index (χ1v) is 5.82. The van der Waals surface area contributed by atoms with Crippen molar-refractivity contribution in [3.63, 3.8) is 0 Å². The number of aliphatic hydroxyl groups is 1. The molecule has 16 heavy (non-hydrogen) atoms. The van der Waals surface area contributed by atoms with Gasteiger partial charge in [-0.05, 0) is 33.6 Å². The largest absolute Gasteiger partial charge is 0.459 e. The molecule has 92 valence electrons. The fourth-order valence-electron chi connectivity index (χ4n) is 3.19. The maximum absolute atomic E-state index is 11.1. The number of hydrogen-bond acceptors (Lipinski definition) is 4. The number of esters is 1. The highest BCUT2D eigenvalue weighted by molar-refractivity contribution is 5.66. The Kier molecular flexibility index (Phi) is 2.55. The van der Waals surface area contributed by atoms with E-state index in [1.165, 1.54) is 6.92 Å². The number of aliphatic hydroxyl groups excluding tert-OH is 1. The van der Waals surface area contributed by atoms with Gasteiger partial charge in [0.15, 0.2) is 0 Å². The molecular formula is C12H20O4. The molecule has 1 saturated carbocycles. The van der Waals surface area contributed by atoms with Gasteiger partial charge in [-0.25, -0.2) is 0 Å². The molecule has 2 saturated heterocycles. The maximum Gasteiger partial charge on any atom is 0.303 e. The summed E-state index contributed by atoms with van der Waals surface area (Å²) in [4.78, 5) is 11.1. The fourth-order valence-corrected chi connectivity index (χ4v) is 3.19. The molecule has 2 bridgehead atoms. The molecule has 2 unspecified atom stereocenters. The Labute approximate surface area is 95.9 Å². The first-order valence-electron chi connectivity index (χ1n) is 5.82. The predicted octanol–water partition coefficient (Wildman–Crippen LogP) is 1.26. The zero-order valence-electron chi connectivity index (χ0n) is 10.3. The molecule has 2 heterocycles. The molecule has 3 aliphatic rings. The molecule has 2 aliphatic heterocycles. The monoisotopic (exact) mass is 228 g/mol. The lowest BCUT2D eigenvalue weighted by atomic mass is 9.65. The molecule has 4 heteroatoms. The molecule has 1 aliphatic carbocycles. The van der Waals surface area contributed by atoms with Gasteiger partial charge >= 0.3 is 5.97 Å². The van der Waals surface area contributed by atoms with Crippen LogP contribution in [0.1, 0.15) is 40.5 Å². The summed E-state index contributed by atoms with van der Waals surface area (Å²) in [6.07, 6.45) is 0.599. The third-order valence-corrected chi connectivity index (χ3v) is 3.98. The van der Waals surface area contributed by atoms with Crippen LogP contribution in [0.25, 0.3) is 0 Å². The summed E-state index contributed by atoms with van der Waals surface area (Å²) in [7, 11) is 0. The molecular weight excluding hydrogens is 208 g/mol. The van der Waals surface area contributed by atoms with Crippen molar-refractivity contribution < 1.29 is 19.4 Å². The van der Waals surface area contributed by atoms with Crippen molar-refractivity contribution in [1.82, 2.24) is 0 Å². The average molecular weight is 228 g/mol. The summed E-state index contributed by atoms with van der Waals surface area (Å²) < 4.78 is 11.2. The number of rotatable bonds is 1. The van der Waals surface area contributed by atoms with Crippen LogP contribution < -0.4 is 0 Å². The number of hydrogen-bond donors (Lipinski definition) is 1. The van der Waals surface area contributed by atoms with E-state index in [1.54, 1.807) is 0 Å². The highest BCUT2D eigenvalue weighted by Gasteiger charge is 2.60. The molecule has 0 aromatic carbocycles. The van der Waals surface area contributed by atoms with E-state index in [0.29, 0.717) is 0 Å². The zero-order valence-corrected chi connectivity index (χ0v) is 10.3. The minimum Gasteiger partial charge on any atom is -0.459 e. The second-order valence-corrected chi connectivity index (χ2v) is 5.68. The lowest BCUT2D eigenvalue weighted by Gasteiger charge is -2.59. The second-order valence-electron chi connectivity index (χ2n) is 5.68. The van der Waals surface area contributed by atoms with Gasteiger partial charge in [-0.3, -0.25) is 4.79 Å². The molecule has 0 aromatic heterocycles. The topological polar surface area (TPSA) is 55.8 Å². The summed E-state index contributed by atoms with van der Waals surface area (Å²) in [6, 6.07) is 0. The van der Waals surface area contributed by atoms with Gasteiger partial charge in [0.2, 0.25) is 0 Å². The standard InChI is InChI=1S/C12H20O4/c1-7(13)15-9-8-5-6-12(4,10(9)14)16-11(8,2)3/h8-10,14H,5-6H2,1-4H3/t8-,9?,10?,12+/m0/s1.